The molecule has 3 rings (SSSR count). The van der Waals surface area contributed by atoms with Crippen molar-refractivity contribution in [3.63, 3.8) is 0 Å². The van der Waals surface area contributed by atoms with E-state index in [0.717, 1.165) is 11.0 Å². The Kier molecular flexibility index (Phi) is 3.19. The molecule has 0 aliphatic rings. The molecule has 0 radical (unpaired) electrons. The largest absolute Gasteiger partial charge is 0.508 e. The molecule has 21 heavy (non-hydrogen) atoms. The highest BCUT2D eigenvalue weighted by molar-refractivity contribution is 5.84. The maximum absolute atomic E-state index is 9.66. The lowest BCUT2D eigenvalue weighted by molar-refractivity contribution is 0.450. The molecule has 1 aromatic heterocycles. The number of hydrogen-bond donors (Lipinski definition) is 3. The van der Waals surface area contributed by atoms with E-state index in [1.165, 1.54) is 18.3 Å². The summed E-state index contributed by atoms with van der Waals surface area (Å²) in [6.07, 6.45) is 1.47. The molecule has 0 bridgehead atoms. The van der Waals surface area contributed by atoms with Gasteiger partial charge in [0.1, 0.15) is 11.5 Å². The summed E-state index contributed by atoms with van der Waals surface area (Å²) < 4.78 is 1.89. The quantitative estimate of drug-likeness (QED) is 0.509. The van der Waals surface area contributed by atoms with E-state index < -0.39 is 0 Å². The lowest BCUT2D eigenvalue weighted by Gasteiger charge is -2.01. The van der Waals surface area contributed by atoms with Gasteiger partial charge < -0.3 is 14.8 Å². The number of hydrogen-bond acceptors (Lipinski definition) is 5. The first kappa shape index (κ1) is 13.0. The summed E-state index contributed by atoms with van der Waals surface area (Å²) in [6.45, 7) is 0. The van der Waals surface area contributed by atoms with Gasteiger partial charge in [0.05, 0.1) is 17.2 Å². The van der Waals surface area contributed by atoms with Gasteiger partial charge in [-0.3, -0.25) is 0 Å². The summed E-state index contributed by atoms with van der Waals surface area (Å²) in [5, 5.41) is 22.9. The van der Waals surface area contributed by atoms with Gasteiger partial charge in [-0.1, -0.05) is 12.1 Å². The number of phenolic OH excluding ortho intramolecular Hbond substituents is 2. The lowest BCUT2D eigenvalue weighted by Crippen LogP contribution is -1.98. The highest BCUT2D eigenvalue weighted by Crippen LogP contribution is 2.21. The van der Waals surface area contributed by atoms with E-state index in [1.54, 1.807) is 6.07 Å². The molecule has 6 heteroatoms. The number of imidazole rings is 1. The number of anilines is 1. The van der Waals surface area contributed by atoms with Crippen molar-refractivity contribution in [2.75, 3.05) is 5.43 Å². The molecule has 0 aliphatic carbocycles. The molecule has 1 heterocycles. The van der Waals surface area contributed by atoms with E-state index in [2.05, 4.69) is 15.5 Å². The maximum Gasteiger partial charge on any atom is 0.224 e. The van der Waals surface area contributed by atoms with Crippen molar-refractivity contribution in [1.82, 2.24) is 9.55 Å². The second-order valence-electron chi connectivity index (χ2n) is 4.60. The average molecular weight is 282 g/mol. The summed E-state index contributed by atoms with van der Waals surface area (Å²) in [6, 6.07) is 12.1. The number of nitrogens with one attached hydrogen (secondary N) is 1. The van der Waals surface area contributed by atoms with Gasteiger partial charge in [0.15, 0.2) is 0 Å². The molecule has 3 N–H and O–H groups in total. The van der Waals surface area contributed by atoms with Gasteiger partial charge in [-0.25, -0.2) is 10.4 Å². The number of benzene rings is 2. The van der Waals surface area contributed by atoms with Gasteiger partial charge in [0.2, 0.25) is 5.95 Å². The van der Waals surface area contributed by atoms with Crippen LogP contribution in [0, 0.1) is 0 Å². The third-order valence-electron chi connectivity index (χ3n) is 3.17. The zero-order chi connectivity index (χ0) is 14.8. The third kappa shape index (κ3) is 2.51. The van der Waals surface area contributed by atoms with Crippen LogP contribution >= 0.6 is 0 Å². The Morgan fingerprint density at radius 2 is 2.00 bits per heavy atom. The fourth-order valence-electron chi connectivity index (χ4n) is 2.05. The minimum absolute atomic E-state index is 0.00737. The highest BCUT2D eigenvalue weighted by atomic mass is 16.3. The molecule has 0 amide bonds. The van der Waals surface area contributed by atoms with Crippen molar-refractivity contribution < 1.29 is 10.2 Å². The van der Waals surface area contributed by atoms with Crippen LogP contribution < -0.4 is 5.43 Å². The number of rotatable bonds is 3. The van der Waals surface area contributed by atoms with Crippen LogP contribution in [0.5, 0.6) is 11.5 Å². The first-order chi connectivity index (χ1) is 10.1. The highest BCUT2D eigenvalue weighted by Gasteiger charge is 2.05. The van der Waals surface area contributed by atoms with E-state index in [-0.39, 0.29) is 11.5 Å². The molecule has 0 unspecified atom stereocenters. The zero-order valence-electron chi connectivity index (χ0n) is 11.4. The maximum atomic E-state index is 9.66. The standard InChI is InChI=1S/C15H14N4O2/c1-19-13-5-3-2-4-12(13)17-15(19)18-16-9-10-6-7-11(20)8-14(10)21/h2-9,20-21H,1H3,(H,17,18)/b16-9-. The Balaban J connectivity index is 1.83. The molecular weight excluding hydrogens is 268 g/mol. The van der Waals surface area contributed by atoms with E-state index in [4.69, 9.17) is 0 Å². The minimum atomic E-state index is -0.0365. The van der Waals surface area contributed by atoms with Gasteiger partial charge >= 0.3 is 0 Å². The van der Waals surface area contributed by atoms with Gasteiger partial charge in [-0.05, 0) is 24.3 Å². The molecule has 0 saturated heterocycles. The molecule has 0 saturated carbocycles. The smallest absolute Gasteiger partial charge is 0.224 e. The molecule has 0 fully saturated rings. The SMILES string of the molecule is Cn1c(N/N=C\c2ccc(O)cc2O)nc2ccccc21. The number of phenols is 2. The van der Waals surface area contributed by atoms with Crippen LogP contribution in [0.15, 0.2) is 47.6 Å². The number of aromatic nitrogens is 2. The Hall–Kier alpha value is -3.02. The first-order valence-corrected chi connectivity index (χ1v) is 6.37. The molecule has 0 spiro atoms. The number of nitrogens with zero attached hydrogens (tertiary/aromatic N) is 3. The van der Waals surface area contributed by atoms with E-state index in [0.29, 0.717) is 11.5 Å². The van der Waals surface area contributed by atoms with Gasteiger partial charge in [0, 0.05) is 18.7 Å². The van der Waals surface area contributed by atoms with Crippen LogP contribution in [0.4, 0.5) is 5.95 Å². The molecule has 0 atom stereocenters. The van der Waals surface area contributed by atoms with Crippen molar-refractivity contribution in [2.45, 2.75) is 0 Å². The second-order valence-corrected chi connectivity index (χ2v) is 4.60. The molecule has 2 aromatic carbocycles. The van der Waals surface area contributed by atoms with Crippen molar-refractivity contribution in [2.24, 2.45) is 12.1 Å². The Bertz CT molecular complexity index is 824. The molecule has 3 aromatic rings. The number of para-hydroxylation sites is 2. The molecule has 106 valence electrons. The fourth-order valence-corrected chi connectivity index (χ4v) is 2.05. The van der Waals surface area contributed by atoms with E-state index in [9.17, 15) is 10.2 Å². The first-order valence-electron chi connectivity index (χ1n) is 6.37. The fraction of sp³-hybridized carbons (Fsp3) is 0.0667. The zero-order valence-corrected chi connectivity index (χ0v) is 11.4. The van der Waals surface area contributed by atoms with Gasteiger partial charge in [0.25, 0.3) is 0 Å². The summed E-state index contributed by atoms with van der Waals surface area (Å²) in [5.74, 6) is 0.573. The van der Waals surface area contributed by atoms with Crippen molar-refractivity contribution in [3.05, 3.63) is 48.0 Å². The minimum Gasteiger partial charge on any atom is -0.508 e. The molecule has 6 nitrogen and oxygen atoms in total. The Morgan fingerprint density at radius 3 is 2.76 bits per heavy atom. The average Bonchev–Trinajstić information content (AvgIpc) is 2.79. The summed E-state index contributed by atoms with van der Waals surface area (Å²) in [4.78, 5) is 4.42. The van der Waals surface area contributed by atoms with Crippen LogP contribution in [0.3, 0.4) is 0 Å². The summed E-state index contributed by atoms with van der Waals surface area (Å²) >= 11 is 0. The predicted molar refractivity (Wildman–Crippen MR) is 81.7 cm³/mol. The van der Waals surface area contributed by atoms with E-state index >= 15 is 0 Å². The Morgan fingerprint density at radius 1 is 1.19 bits per heavy atom. The van der Waals surface area contributed by atoms with Crippen LogP contribution in [0.2, 0.25) is 0 Å². The summed E-state index contributed by atoms with van der Waals surface area (Å²) in [7, 11) is 1.89. The molecule has 0 aliphatic heterocycles. The number of aryl methyl sites for hydroxylation is 1. The van der Waals surface area contributed by atoms with Crippen LogP contribution in [-0.4, -0.2) is 26.0 Å². The van der Waals surface area contributed by atoms with Crippen LogP contribution in [-0.2, 0) is 7.05 Å². The molecular formula is C15H14N4O2. The van der Waals surface area contributed by atoms with Crippen molar-refractivity contribution in [3.8, 4) is 11.5 Å². The number of aromatic hydroxyl groups is 2. The van der Waals surface area contributed by atoms with Gasteiger partial charge in [-0.15, -0.1) is 0 Å². The lowest BCUT2D eigenvalue weighted by atomic mass is 10.2. The van der Waals surface area contributed by atoms with Crippen molar-refractivity contribution >= 4 is 23.2 Å². The monoisotopic (exact) mass is 282 g/mol. The van der Waals surface area contributed by atoms with Crippen LogP contribution in [0.25, 0.3) is 11.0 Å². The van der Waals surface area contributed by atoms with Gasteiger partial charge in [-0.2, -0.15) is 5.10 Å². The topological polar surface area (TPSA) is 82.7 Å². The van der Waals surface area contributed by atoms with Crippen LogP contribution in [0.1, 0.15) is 5.56 Å². The Labute approximate surface area is 121 Å². The normalized spacial score (nSPS) is 11.3. The van der Waals surface area contributed by atoms with E-state index in [1.807, 2.05) is 35.9 Å². The predicted octanol–water partition coefficient (Wildman–Crippen LogP) is 2.43. The van der Waals surface area contributed by atoms with Crippen molar-refractivity contribution in [1.29, 1.82) is 0 Å². The number of fused-ring (bicyclic) bond motifs is 1. The number of hydrazone groups is 1. The summed E-state index contributed by atoms with van der Waals surface area (Å²) in [5.41, 5.74) is 5.22. The third-order valence-corrected chi connectivity index (χ3v) is 3.17. The second kappa shape index (κ2) is 5.16.